The lowest BCUT2D eigenvalue weighted by atomic mass is 9.79. The van der Waals surface area contributed by atoms with E-state index < -0.39 is 0 Å². The van der Waals surface area contributed by atoms with Crippen molar-refractivity contribution < 1.29 is 4.74 Å². The number of aliphatic imine (C=N–C) groups is 1. The third-order valence-corrected chi connectivity index (χ3v) is 5.41. The molecule has 1 aliphatic heterocycles. The number of anilines is 1. The van der Waals surface area contributed by atoms with Crippen LogP contribution in [0.4, 0.5) is 11.4 Å². The number of hydrogen-bond acceptors (Lipinski definition) is 3. The molecule has 0 aliphatic carbocycles. The first-order chi connectivity index (χ1) is 12.4. The van der Waals surface area contributed by atoms with Crippen LogP contribution < -0.4 is 9.64 Å². The summed E-state index contributed by atoms with van der Waals surface area (Å²) < 4.78 is 5.70. The molecule has 26 heavy (non-hydrogen) atoms. The Kier molecular flexibility index (Phi) is 5.08. The van der Waals surface area contributed by atoms with Crippen LogP contribution in [0.1, 0.15) is 56.7 Å². The number of hydrogen-bond donors (Lipinski definition) is 0. The van der Waals surface area contributed by atoms with Gasteiger partial charge in [-0.2, -0.15) is 0 Å². The number of nitrogens with zero attached hydrogens (tertiary/aromatic N) is 2. The zero-order valence-corrected chi connectivity index (χ0v) is 16.8. The van der Waals surface area contributed by atoms with Crippen molar-refractivity contribution in [2.45, 2.75) is 52.5 Å². The molecule has 0 aromatic heterocycles. The molecule has 0 N–H and O–H groups in total. The Labute approximate surface area is 157 Å². The predicted octanol–water partition coefficient (Wildman–Crippen LogP) is 5.87. The minimum Gasteiger partial charge on any atom is -0.496 e. The first-order valence-corrected chi connectivity index (χ1v) is 9.46. The number of methoxy groups -OCH3 is 1. The van der Waals surface area contributed by atoms with Gasteiger partial charge in [0.2, 0.25) is 0 Å². The molecule has 3 rings (SSSR count). The van der Waals surface area contributed by atoms with E-state index >= 15 is 0 Å². The largest absolute Gasteiger partial charge is 0.496 e. The number of fused-ring (bicyclic) bond motifs is 1. The SMILES string of the molecule is CCN1c2cc(OC)c(C=Nc3cccc(C)c3)cc2C(C)CC1(C)C. The molecule has 3 nitrogen and oxygen atoms in total. The van der Waals surface area contributed by atoms with Gasteiger partial charge in [0.05, 0.1) is 12.8 Å². The number of ether oxygens (including phenoxy) is 1. The van der Waals surface area contributed by atoms with Gasteiger partial charge in [-0.1, -0.05) is 19.1 Å². The Morgan fingerprint density at radius 1 is 1.27 bits per heavy atom. The highest BCUT2D eigenvalue weighted by molar-refractivity contribution is 5.87. The molecule has 0 spiro atoms. The Morgan fingerprint density at radius 2 is 2.04 bits per heavy atom. The van der Waals surface area contributed by atoms with Crippen molar-refractivity contribution >= 4 is 17.6 Å². The van der Waals surface area contributed by atoms with E-state index in [4.69, 9.17) is 4.74 Å². The minimum atomic E-state index is 0.156. The van der Waals surface area contributed by atoms with E-state index in [1.165, 1.54) is 16.8 Å². The van der Waals surface area contributed by atoms with Crippen molar-refractivity contribution in [2.24, 2.45) is 4.99 Å². The van der Waals surface area contributed by atoms with E-state index in [0.29, 0.717) is 5.92 Å². The lowest BCUT2D eigenvalue weighted by Gasteiger charge is -2.47. The zero-order valence-electron chi connectivity index (χ0n) is 16.8. The average Bonchev–Trinajstić information content (AvgIpc) is 2.59. The van der Waals surface area contributed by atoms with Gasteiger partial charge < -0.3 is 9.64 Å². The summed E-state index contributed by atoms with van der Waals surface area (Å²) in [4.78, 5) is 7.16. The van der Waals surface area contributed by atoms with E-state index in [1.807, 2.05) is 18.3 Å². The second kappa shape index (κ2) is 7.14. The molecule has 0 fully saturated rings. The number of rotatable bonds is 4. The van der Waals surface area contributed by atoms with Crippen molar-refractivity contribution in [1.29, 1.82) is 0 Å². The molecule has 2 aromatic rings. The maximum absolute atomic E-state index is 5.70. The van der Waals surface area contributed by atoms with Crippen molar-refractivity contribution in [2.75, 3.05) is 18.6 Å². The molecule has 1 aliphatic rings. The van der Waals surface area contributed by atoms with Crippen molar-refractivity contribution in [1.82, 2.24) is 0 Å². The second-order valence-corrected chi connectivity index (χ2v) is 7.91. The fraction of sp³-hybridized carbons (Fsp3) is 0.435. The molecule has 0 radical (unpaired) electrons. The van der Waals surface area contributed by atoms with Gasteiger partial charge in [0.15, 0.2) is 0 Å². The summed E-state index contributed by atoms with van der Waals surface area (Å²) in [5, 5.41) is 0. The van der Waals surface area contributed by atoms with E-state index in [9.17, 15) is 0 Å². The van der Waals surface area contributed by atoms with Gasteiger partial charge in [0, 0.05) is 35.6 Å². The highest BCUT2D eigenvalue weighted by Gasteiger charge is 2.36. The lowest BCUT2D eigenvalue weighted by Crippen LogP contribution is -2.48. The van der Waals surface area contributed by atoms with Crippen molar-refractivity contribution in [3.63, 3.8) is 0 Å². The van der Waals surface area contributed by atoms with Gasteiger partial charge in [-0.3, -0.25) is 4.99 Å². The Bertz CT molecular complexity index is 823. The highest BCUT2D eigenvalue weighted by atomic mass is 16.5. The van der Waals surface area contributed by atoms with Crippen LogP contribution in [0.2, 0.25) is 0 Å². The van der Waals surface area contributed by atoms with E-state index in [1.54, 1.807) is 7.11 Å². The minimum absolute atomic E-state index is 0.156. The van der Waals surface area contributed by atoms with Crippen LogP contribution in [0.15, 0.2) is 41.4 Å². The van der Waals surface area contributed by atoms with Gasteiger partial charge in [0.25, 0.3) is 0 Å². The molecule has 138 valence electrons. The summed E-state index contributed by atoms with van der Waals surface area (Å²) in [6, 6.07) is 12.7. The van der Waals surface area contributed by atoms with Gasteiger partial charge in [-0.25, -0.2) is 0 Å². The van der Waals surface area contributed by atoms with Crippen LogP contribution in [0.3, 0.4) is 0 Å². The zero-order chi connectivity index (χ0) is 18.9. The van der Waals surface area contributed by atoms with E-state index in [-0.39, 0.29) is 5.54 Å². The van der Waals surface area contributed by atoms with Crippen LogP contribution in [0, 0.1) is 6.92 Å². The van der Waals surface area contributed by atoms with Crippen LogP contribution >= 0.6 is 0 Å². The Hall–Kier alpha value is -2.29. The average molecular weight is 351 g/mol. The summed E-state index contributed by atoms with van der Waals surface area (Å²) in [6.07, 6.45) is 3.07. The summed E-state index contributed by atoms with van der Waals surface area (Å²) in [6.45, 7) is 12.3. The summed E-state index contributed by atoms with van der Waals surface area (Å²) in [5.74, 6) is 1.39. The number of aryl methyl sites for hydroxylation is 1. The van der Waals surface area contributed by atoms with Crippen molar-refractivity contribution in [3.05, 3.63) is 53.1 Å². The quantitative estimate of drug-likeness (QED) is 0.645. The fourth-order valence-corrected chi connectivity index (χ4v) is 4.26. The van der Waals surface area contributed by atoms with E-state index in [0.717, 1.165) is 30.0 Å². The van der Waals surface area contributed by atoms with Crippen LogP contribution in [-0.4, -0.2) is 25.4 Å². The van der Waals surface area contributed by atoms with Gasteiger partial charge in [-0.15, -0.1) is 0 Å². The Balaban J connectivity index is 2.05. The maximum atomic E-state index is 5.70. The monoisotopic (exact) mass is 350 g/mol. The van der Waals surface area contributed by atoms with Gasteiger partial charge in [0.1, 0.15) is 5.75 Å². The summed E-state index contributed by atoms with van der Waals surface area (Å²) >= 11 is 0. The molecule has 0 bridgehead atoms. The molecular formula is C23H30N2O. The molecule has 3 heteroatoms. The predicted molar refractivity (Wildman–Crippen MR) is 112 cm³/mol. The first-order valence-electron chi connectivity index (χ1n) is 9.46. The molecule has 1 atom stereocenters. The standard InChI is InChI=1S/C23H30N2O/c1-7-25-21-13-22(26-6)18(12-20(21)17(3)14-23(25,4)5)15-24-19-10-8-9-16(2)11-19/h8-13,15,17H,7,14H2,1-6H3. The normalized spacial score (nSPS) is 18.8. The molecular weight excluding hydrogens is 320 g/mol. The summed E-state index contributed by atoms with van der Waals surface area (Å²) in [5.41, 5.74) is 6.05. The molecule has 2 aromatic carbocycles. The topological polar surface area (TPSA) is 24.8 Å². The van der Waals surface area contributed by atoms with Crippen LogP contribution in [-0.2, 0) is 0 Å². The molecule has 0 saturated carbocycles. The smallest absolute Gasteiger partial charge is 0.129 e. The second-order valence-electron chi connectivity index (χ2n) is 7.91. The lowest BCUT2D eigenvalue weighted by molar-refractivity contribution is 0.377. The third kappa shape index (κ3) is 3.48. The fourth-order valence-electron chi connectivity index (χ4n) is 4.26. The molecule has 0 amide bonds. The van der Waals surface area contributed by atoms with Crippen LogP contribution in [0.25, 0.3) is 0 Å². The number of benzene rings is 2. The van der Waals surface area contributed by atoms with Crippen LogP contribution in [0.5, 0.6) is 5.75 Å². The highest BCUT2D eigenvalue weighted by Crippen LogP contribution is 2.45. The maximum Gasteiger partial charge on any atom is 0.129 e. The van der Waals surface area contributed by atoms with Gasteiger partial charge in [-0.05, 0) is 69.4 Å². The molecule has 0 saturated heterocycles. The molecule has 1 unspecified atom stereocenters. The summed E-state index contributed by atoms with van der Waals surface area (Å²) in [7, 11) is 1.74. The Morgan fingerprint density at radius 3 is 2.69 bits per heavy atom. The van der Waals surface area contributed by atoms with Crippen molar-refractivity contribution in [3.8, 4) is 5.75 Å². The molecule has 1 heterocycles. The van der Waals surface area contributed by atoms with Gasteiger partial charge >= 0.3 is 0 Å². The van der Waals surface area contributed by atoms with E-state index in [2.05, 4.69) is 68.8 Å². The first kappa shape index (κ1) is 18.5. The third-order valence-electron chi connectivity index (χ3n) is 5.41.